The van der Waals surface area contributed by atoms with Gasteiger partial charge in [-0.3, -0.25) is 9.59 Å². The molecule has 1 atom stereocenters. The van der Waals surface area contributed by atoms with Crippen LogP contribution < -0.4 is 5.73 Å². The van der Waals surface area contributed by atoms with Gasteiger partial charge in [0.05, 0.1) is 16.4 Å². The number of thiophene rings is 1. The molecule has 3 N–H and O–H groups in total. The highest BCUT2D eigenvalue weighted by molar-refractivity contribution is 9.11. The molecular formula is C12H17BrN2O3S. The molecule has 1 rings (SSSR count). The lowest BCUT2D eigenvalue weighted by atomic mass is 10.1. The minimum Gasteiger partial charge on any atom is -0.481 e. The van der Waals surface area contributed by atoms with Crippen LogP contribution in [0, 0.1) is 0 Å². The third-order valence-electron chi connectivity index (χ3n) is 2.66. The largest absolute Gasteiger partial charge is 0.481 e. The normalized spacial score (nSPS) is 12.2. The average molecular weight is 349 g/mol. The number of carboxylic acids is 1. The van der Waals surface area contributed by atoms with Crippen LogP contribution in [-0.2, 0) is 16.1 Å². The quantitative estimate of drug-likeness (QED) is 0.789. The third kappa shape index (κ3) is 5.30. The molecule has 0 saturated heterocycles. The van der Waals surface area contributed by atoms with E-state index in [2.05, 4.69) is 15.9 Å². The maximum absolute atomic E-state index is 12.1. The van der Waals surface area contributed by atoms with Crippen molar-refractivity contribution in [2.75, 3.05) is 6.54 Å². The molecule has 1 aromatic heterocycles. The summed E-state index contributed by atoms with van der Waals surface area (Å²) in [5.41, 5.74) is 5.74. The van der Waals surface area contributed by atoms with Crippen LogP contribution >= 0.6 is 27.3 Å². The Morgan fingerprint density at radius 3 is 2.68 bits per heavy atom. The van der Waals surface area contributed by atoms with Gasteiger partial charge in [-0.25, -0.2) is 0 Å². The number of amides is 1. The number of likely N-dealkylation sites (N-methyl/N-ethyl adjacent to an activating group) is 1. The van der Waals surface area contributed by atoms with Crippen molar-refractivity contribution in [3.05, 3.63) is 20.8 Å². The topological polar surface area (TPSA) is 83.6 Å². The maximum Gasteiger partial charge on any atom is 0.303 e. The fourth-order valence-electron chi connectivity index (χ4n) is 1.61. The molecular weight excluding hydrogens is 332 g/mol. The molecule has 0 bridgehead atoms. The lowest BCUT2D eigenvalue weighted by Crippen LogP contribution is -2.43. The molecule has 0 aliphatic carbocycles. The fraction of sp³-hybridized carbons (Fsp3) is 0.500. The zero-order valence-corrected chi connectivity index (χ0v) is 13.0. The zero-order chi connectivity index (χ0) is 14.4. The second kappa shape index (κ2) is 7.62. The van der Waals surface area contributed by atoms with E-state index in [1.165, 1.54) is 0 Å². The van der Waals surface area contributed by atoms with E-state index in [0.717, 1.165) is 8.66 Å². The van der Waals surface area contributed by atoms with Gasteiger partial charge in [0.15, 0.2) is 0 Å². The van der Waals surface area contributed by atoms with E-state index in [9.17, 15) is 9.59 Å². The highest BCUT2D eigenvalue weighted by Crippen LogP contribution is 2.23. The van der Waals surface area contributed by atoms with Crippen LogP contribution in [-0.4, -0.2) is 34.5 Å². The van der Waals surface area contributed by atoms with Gasteiger partial charge in [-0.1, -0.05) is 0 Å². The fourth-order valence-corrected chi connectivity index (χ4v) is 3.11. The van der Waals surface area contributed by atoms with Gasteiger partial charge in [-0.05, 0) is 41.4 Å². The van der Waals surface area contributed by atoms with Crippen LogP contribution in [0.3, 0.4) is 0 Å². The zero-order valence-electron chi connectivity index (χ0n) is 10.6. The Hall–Kier alpha value is -0.920. The predicted octanol–water partition coefficient (Wildman–Crippen LogP) is 2.05. The highest BCUT2D eigenvalue weighted by atomic mass is 79.9. The molecule has 0 spiro atoms. The molecule has 0 aliphatic heterocycles. The van der Waals surface area contributed by atoms with Crippen molar-refractivity contribution in [3.63, 3.8) is 0 Å². The molecule has 7 heteroatoms. The molecule has 1 heterocycles. The van der Waals surface area contributed by atoms with Crippen LogP contribution in [0.4, 0.5) is 0 Å². The van der Waals surface area contributed by atoms with Crippen LogP contribution in [0.15, 0.2) is 15.9 Å². The minimum absolute atomic E-state index is 0.0883. The SMILES string of the molecule is CCN(Cc1ccc(Br)s1)C(=O)C(N)CCC(=O)O. The first-order valence-electron chi connectivity index (χ1n) is 5.94. The number of hydrogen-bond donors (Lipinski definition) is 2. The lowest BCUT2D eigenvalue weighted by molar-refractivity contribution is -0.137. The Kier molecular flexibility index (Phi) is 6.47. The number of carbonyl (C=O) groups is 2. The first kappa shape index (κ1) is 16.1. The average Bonchev–Trinajstić information content (AvgIpc) is 2.77. The second-order valence-corrected chi connectivity index (χ2v) is 6.64. The van der Waals surface area contributed by atoms with Crippen molar-refractivity contribution in [1.82, 2.24) is 4.90 Å². The summed E-state index contributed by atoms with van der Waals surface area (Å²) in [6.07, 6.45) is 0.0772. The molecule has 1 unspecified atom stereocenters. The number of nitrogens with zero attached hydrogens (tertiary/aromatic N) is 1. The second-order valence-electron chi connectivity index (χ2n) is 4.10. The summed E-state index contributed by atoms with van der Waals surface area (Å²) < 4.78 is 1.01. The molecule has 1 aromatic rings. The summed E-state index contributed by atoms with van der Waals surface area (Å²) in [5.74, 6) is -1.14. The standard InChI is InChI=1S/C12H17BrN2O3S/c1-2-15(7-8-3-5-10(13)19-8)12(18)9(14)4-6-11(16)17/h3,5,9H,2,4,6-7,14H2,1H3,(H,16,17). The van der Waals surface area contributed by atoms with Gasteiger partial charge in [0, 0.05) is 17.8 Å². The Morgan fingerprint density at radius 1 is 1.53 bits per heavy atom. The molecule has 19 heavy (non-hydrogen) atoms. The Labute approximate surface area is 124 Å². The van der Waals surface area contributed by atoms with Gasteiger partial charge >= 0.3 is 5.97 Å². The van der Waals surface area contributed by atoms with Crippen LogP contribution in [0.2, 0.25) is 0 Å². The number of carboxylic acid groups (broad SMARTS) is 1. The number of halogens is 1. The van der Waals surface area contributed by atoms with E-state index in [0.29, 0.717) is 13.1 Å². The van der Waals surface area contributed by atoms with E-state index in [4.69, 9.17) is 10.8 Å². The maximum atomic E-state index is 12.1. The Balaban J connectivity index is 2.58. The molecule has 0 aromatic carbocycles. The molecule has 0 aliphatic rings. The van der Waals surface area contributed by atoms with Crippen LogP contribution in [0.5, 0.6) is 0 Å². The van der Waals surface area contributed by atoms with E-state index in [-0.39, 0.29) is 18.7 Å². The first-order chi connectivity index (χ1) is 8.93. The molecule has 0 saturated carbocycles. The van der Waals surface area contributed by atoms with Gasteiger partial charge in [0.1, 0.15) is 0 Å². The molecule has 0 radical (unpaired) electrons. The van der Waals surface area contributed by atoms with Crippen molar-refractivity contribution in [3.8, 4) is 0 Å². The third-order valence-corrected chi connectivity index (χ3v) is 4.26. The van der Waals surface area contributed by atoms with Crippen molar-refractivity contribution in [1.29, 1.82) is 0 Å². The summed E-state index contributed by atoms with van der Waals surface area (Å²) in [5, 5.41) is 8.59. The number of nitrogens with two attached hydrogens (primary N) is 1. The molecule has 106 valence electrons. The number of aliphatic carboxylic acids is 1. The Morgan fingerprint density at radius 2 is 2.21 bits per heavy atom. The summed E-state index contributed by atoms with van der Waals surface area (Å²) >= 11 is 4.94. The van der Waals surface area contributed by atoms with Gasteiger partial charge in [-0.15, -0.1) is 11.3 Å². The molecule has 1 amide bonds. The molecule has 5 nitrogen and oxygen atoms in total. The molecule has 0 fully saturated rings. The summed E-state index contributed by atoms with van der Waals surface area (Å²) in [6.45, 7) is 2.94. The van der Waals surface area contributed by atoms with Gasteiger partial charge in [0.25, 0.3) is 0 Å². The van der Waals surface area contributed by atoms with E-state index < -0.39 is 12.0 Å². The van der Waals surface area contributed by atoms with Crippen LogP contribution in [0.25, 0.3) is 0 Å². The Bertz CT molecular complexity index is 450. The van der Waals surface area contributed by atoms with Gasteiger partial charge < -0.3 is 15.7 Å². The van der Waals surface area contributed by atoms with Crippen LogP contribution in [0.1, 0.15) is 24.6 Å². The van der Waals surface area contributed by atoms with Gasteiger partial charge in [-0.2, -0.15) is 0 Å². The van der Waals surface area contributed by atoms with E-state index in [1.54, 1.807) is 16.2 Å². The van der Waals surface area contributed by atoms with Crippen molar-refractivity contribution in [2.24, 2.45) is 5.73 Å². The van der Waals surface area contributed by atoms with E-state index >= 15 is 0 Å². The van der Waals surface area contributed by atoms with E-state index in [1.807, 2.05) is 19.1 Å². The summed E-state index contributed by atoms with van der Waals surface area (Å²) in [4.78, 5) is 25.3. The number of rotatable bonds is 7. The summed E-state index contributed by atoms with van der Waals surface area (Å²) in [6, 6.07) is 3.13. The van der Waals surface area contributed by atoms with Crippen molar-refractivity contribution < 1.29 is 14.7 Å². The summed E-state index contributed by atoms with van der Waals surface area (Å²) in [7, 11) is 0. The van der Waals surface area contributed by atoms with Gasteiger partial charge in [0.2, 0.25) is 5.91 Å². The smallest absolute Gasteiger partial charge is 0.303 e. The lowest BCUT2D eigenvalue weighted by Gasteiger charge is -2.23. The van der Waals surface area contributed by atoms with Crippen molar-refractivity contribution in [2.45, 2.75) is 32.4 Å². The van der Waals surface area contributed by atoms with Crippen molar-refractivity contribution >= 4 is 39.1 Å². The number of hydrogen-bond acceptors (Lipinski definition) is 4. The predicted molar refractivity (Wildman–Crippen MR) is 78.0 cm³/mol. The monoisotopic (exact) mass is 348 g/mol. The first-order valence-corrected chi connectivity index (χ1v) is 7.55. The number of carbonyl (C=O) groups excluding carboxylic acids is 1. The highest BCUT2D eigenvalue weighted by Gasteiger charge is 2.21. The minimum atomic E-state index is -0.937.